The number of rotatable bonds is 3. The first-order chi connectivity index (χ1) is 19.1. The lowest BCUT2D eigenvalue weighted by molar-refractivity contribution is -0.135. The van der Waals surface area contributed by atoms with E-state index in [-0.39, 0.29) is 0 Å². The molecule has 1 fully saturated rings. The number of nitrogens with two attached hydrogens (primary N) is 1. The van der Waals surface area contributed by atoms with Gasteiger partial charge in [-0.15, -0.1) is 0 Å². The zero-order valence-corrected chi connectivity index (χ0v) is 23.2. The molecule has 40 heavy (non-hydrogen) atoms. The molecule has 2 aromatic heterocycles. The third kappa shape index (κ3) is 6.08. The number of alkyl halides is 3. The van der Waals surface area contributed by atoms with Crippen molar-refractivity contribution in [3.63, 3.8) is 0 Å². The molecule has 3 heterocycles. The van der Waals surface area contributed by atoms with E-state index in [9.17, 15) is 9.59 Å². The maximum Gasteiger partial charge on any atom is 0.356 e. The molecule has 1 aliphatic heterocycles. The first kappa shape index (κ1) is 29.0. The van der Waals surface area contributed by atoms with Crippen LogP contribution in [0.15, 0.2) is 73.1 Å². The SMILES string of the molecule is COc1cccc(C2(c3cccc(C#Cc4cnc5cccnn45)c3)CCON2C(N)=O)c1.O=C(O)C(Cl)(Cl)Cl. The lowest BCUT2D eigenvalue weighted by Gasteiger charge is -2.36. The van der Waals surface area contributed by atoms with Crippen molar-refractivity contribution in [1.29, 1.82) is 0 Å². The van der Waals surface area contributed by atoms with Gasteiger partial charge in [-0.2, -0.15) is 10.2 Å². The number of hydrogen-bond acceptors (Lipinski definition) is 6. The van der Waals surface area contributed by atoms with E-state index in [0.29, 0.717) is 24.5 Å². The number of hydroxylamine groups is 2. The summed E-state index contributed by atoms with van der Waals surface area (Å²) in [6.07, 6.45) is 3.92. The zero-order valence-electron chi connectivity index (χ0n) is 20.9. The van der Waals surface area contributed by atoms with Crippen LogP contribution < -0.4 is 10.5 Å². The predicted molar refractivity (Wildman–Crippen MR) is 149 cm³/mol. The Morgan fingerprint density at radius 1 is 1.10 bits per heavy atom. The quantitative estimate of drug-likeness (QED) is 0.260. The van der Waals surface area contributed by atoms with Crippen molar-refractivity contribution in [2.24, 2.45) is 5.73 Å². The highest BCUT2D eigenvalue weighted by atomic mass is 35.6. The van der Waals surface area contributed by atoms with Gasteiger partial charge < -0.3 is 15.6 Å². The van der Waals surface area contributed by atoms with E-state index in [1.807, 2.05) is 60.7 Å². The Morgan fingerprint density at radius 2 is 1.80 bits per heavy atom. The molecule has 0 radical (unpaired) electrons. The molecule has 206 valence electrons. The second-order valence-electron chi connectivity index (χ2n) is 8.38. The van der Waals surface area contributed by atoms with Crippen LogP contribution in [-0.4, -0.2) is 54.3 Å². The van der Waals surface area contributed by atoms with Gasteiger partial charge in [0.15, 0.2) is 5.65 Å². The number of carbonyl (C=O) groups is 2. The monoisotopic (exact) mass is 601 g/mol. The molecule has 5 rings (SSSR count). The van der Waals surface area contributed by atoms with Gasteiger partial charge in [0.05, 0.1) is 19.9 Å². The molecule has 4 aromatic rings. The number of urea groups is 1. The van der Waals surface area contributed by atoms with Crippen molar-refractivity contribution < 1.29 is 24.3 Å². The number of aromatic nitrogens is 3. The lowest BCUT2D eigenvalue weighted by Crippen LogP contribution is -2.47. The van der Waals surface area contributed by atoms with Crippen LogP contribution in [0.3, 0.4) is 0 Å². The zero-order chi connectivity index (χ0) is 28.9. The van der Waals surface area contributed by atoms with Crippen LogP contribution in [0.5, 0.6) is 5.75 Å². The summed E-state index contributed by atoms with van der Waals surface area (Å²) in [6.45, 7) is 0.351. The first-order valence-electron chi connectivity index (χ1n) is 11.6. The van der Waals surface area contributed by atoms with Crippen LogP contribution >= 0.6 is 34.8 Å². The number of imidazole rings is 1. The number of carbonyl (C=O) groups excluding carboxylic acids is 1. The maximum absolute atomic E-state index is 12.4. The van der Waals surface area contributed by atoms with Gasteiger partial charge >= 0.3 is 12.0 Å². The van der Waals surface area contributed by atoms with E-state index < -0.39 is 21.3 Å². The number of benzene rings is 2. The highest BCUT2D eigenvalue weighted by molar-refractivity contribution is 6.75. The average Bonchev–Trinajstić information content (AvgIpc) is 3.58. The number of carboxylic acids is 1. The Bertz CT molecular complexity index is 1610. The topological polar surface area (TPSA) is 132 Å². The fourth-order valence-corrected chi connectivity index (χ4v) is 4.22. The molecule has 1 saturated heterocycles. The fourth-order valence-electron chi connectivity index (χ4n) is 4.22. The number of carboxylic acid groups (broad SMARTS) is 1. The number of hydrogen-bond donors (Lipinski definition) is 2. The second-order valence-corrected chi connectivity index (χ2v) is 10.7. The molecule has 0 saturated carbocycles. The summed E-state index contributed by atoms with van der Waals surface area (Å²) >= 11 is 14.4. The maximum atomic E-state index is 12.4. The molecule has 2 amide bonds. The van der Waals surface area contributed by atoms with Crippen molar-refractivity contribution in [2.45, 2.75) is 15.8 Å². The van der Waals surface area contributed by atoms with Gasteiger partial charge in [0, 0.05) is 18.2 Å². The molecule has 2 aromatic carbocycles. The highest BCUT2D eigenvalue weighted by Crippen LogP contribution is 2.44. The molecule has 1 atom stereocenters. The van der Waals surface area contributed by atoms with Crippen molar-refractivity contribution in [2.75, 3.05) is 13.7 Å². The molecule has 0 bridgehead atoms. The van der Waals surface area contributed by atoms with Crippen molar-refractivity contribution in [1.82, 2.24) is 19.7 Å². The fraction of sp³-hybridized carbons (Fsp3) is 0.185. The number of ether oxygens (including phenoxy) is 1. The van der Waals surface area contributed by atoms with Crippen LogP contribution in [0, 0.1) is 11.8 Å². The minimum Gasteiger partial charge on any atom is -0.497 e. The standard InChI is InChI=1S/C25H21N5O3.C2HCl3O2/c1-32-22-8-3-7-20(16-22)25(12-14-33-30(25)24(26)31)19-6-2-5-18(15-19)10-11-21-17-27-23-9-4-13-28-29(21)23;3-2(4,5)1(6)7/h2-9,13,15-17H,12,14H2,1H3,(H2,26,31);(H,6,7). The van der Waals surface area contributed by atoms with Crippen LogP contribution in [0.2, 0.25) is 0 Å². The summed E-state index contributed by atoms with van der Waals surface area (Å²) in [6, 6.07) is 18.3. The minimum absolute atomic E-state index is 0.351. The van der Waals surface area contributed by atoms with Crippen molar-refractivity contribution in [3.05, 3.63) is 95.4 Å². The van der Waals surface area contributed by atoms with E-state index in [1.54, 1.807) is 24.0 Å². The van der Waals surface area contributed by atoms with Crippen LogP contribution in [0.1, 0.15) is 28.8 Å². The van der Waals surface area contributed by atoms with Gasteiger partial charge in [-0.3, -0.25) is 4.84 Å². The van der Waals surface area contributed by atoms with E-state index in [1.165, 1.54) is 5.06 Å². The number of primary amides is 1. The normalized spacial score (nSPS) is 16.4. The van der Waals surface area contributed by atoms with Gasteiger partial charge in [-0.25, -0.2) is 19.1 Å². The lowest BCUT2D eigenvalue weighted by atomic mass is 9.80. The molecule has 0 spiro atoms. The Labute approximate surface area is 244 Å². The Morgan fingerprint density at radius 3 is 2.48 bits per heavy atom. The van der Waals surface area contributed by atoms with E-state index >= 15 is 0 Å². The van der Waals surface area contributed by atoms with Gasteiger partial charge in [-0.1, -0.05) is 65.0 Å². The van der Waals surface area contributed by atoms with Crippen molar-refractivity contribution >= 4 is 52.5 Å². The summed E-state index contributed by atoms with van der Waals surface area (Å²) in [7, 11) is 1.61. The molecule has 1 aliphatic rings. The third-order valence-corrected chi connectivity index (χ3v) is 6.46. The summed E-state index contributed by atoms with van der Waals surface area (Å²) in [5.41, 5.74) is 8.69. The number of amides is 2. The van der Waals surface area contributed by atoms with Crippen LogP contribution in [0.25, 0.3) is 5.65 Å². The van der Waals surface area contributed by atoms with Crippen molar-refractivity contribution in [3.8, 4) is 17.6 Å². The summed E-state index contributed by atoms with van der Waals surface area (Å²) in [4.78, 5) is 32.0. The Kier molecular flexibility index (Phi) is 8.71. The Balaban J connectivity index is 0.000000470. The molecular weight excluding hydrogens is 581 g/mol. The smallest absolute Gasteiger partial charge is 0.356 e. The van der Waals surface area contributed by atoms with Gasteiger partial charge in [0.2, 0.25) is 0 Å². The Hall–Kier alpha value is -4.01. The predicted octanol–water partition coefficient (Wildman–Crippen LogP) is 4.54. The number of aliphatic carboxylic acids is 1. The van der Waals surface area contributed by atoms with Crippen LogP contribution in [0.4, 0.5) is 4.79 Å². The molecule has 10 nitrogen and oxygen atoms in total. The summed E-state index contributed by atoms with van der Waals surface area (Å²) < 4.78 is 4.94. The molecule has 3 N–H and O–H groups in total. The highest BCUT2D eigenvalue weighted by Gasteiger charge is 2.48. The molecule has 13 heteroatoms. The minimum atomic E-state index is -2.17. The number of fused-ring (bicyclic) bond motifs is 1. The number of methoxy groups -OCH3 is 1. The van der Waals surface area contributed by atoms with E-state index in [4.69, 9.17) is 55.2 Å². The summed E-state index contributed by atoms with van der Waals surface area (Å²) in [5.74, 6) is 5.54. The van der Waals surface area contributed by atoms with Crippen LogP contribution in [-0.2, 0) is 15.2 Å². The molecular formula is C27H22Cl3N5O5. The van der Waals surface area contributed by atoms with Gasteiger partial charge in [-0.05, 0) is 53.4 Å². The molecule has 0 aliphatic carbocycles. The third-order valence-electron chi connectivity index (χ3n) is 5.97. The number of nitrogens with zero attached hydrogens (tertiary/aromatic N) is 4. The van der Waals surface area contributed by atoms with Gasteiger partial charge in [0.1, 0.15) is 17.0 Å². The number of halogens is 3. The van der Waals surface area contributed by atoms with Gasteiger partial charge in [0.25, 0.3) is 3.79 Å². The summed E-state index contributed by atoms with van der Waals surface area (Å²) in [5, 5.41) is 13.4. The first-order valence-corrected chi connectivity index (χ1v) is 12.8. The average molecular weight is 603 g/mol. The largest absolute Gasteiger partial charge is 0.497 e. The second kappa shape index (κ2) is 12.0. The van der Waals surface area contributed by atoms with E-state index in [0.717, 1.165) is 22.3 Å². The van der Waals surface area contributed by atoms with E-state index in [2.05, 4.69) is 21.9 Å². The molecule has 1 unspecified atom stereocenters.